The lowest BCUT2D eigenvalue weighted by molar-refractivity contribution is -0.139. The van der Waals surface area contributed by atoms with Gasteiger partial charge < -0.3 is 24.8 Å². The maximum absolute atomic E-state index is 14.3. The molecule has 0 radical (unpaired) electrons. The molecule has 3 aliphatic heterocycles. The largest absolute Gasteiger partial charge is 0.503 e. The van der Waals surface area contributed by atoms with Crippen molar-refractivity contribution in [2.75, 3.05) is 6.54 Å². The van der Waals surface area contributed by atoms with E-state index in [9.17, 15) is 28.7 Å². The Kier molecular flexibility index (Phi) is 5.58. The second-order valence-corrected chi connectivity index (χ2v) is 9.64. The number of hydrogen-bond acceptors (Lipinski definition) is 5. The van der Waals surface area contributed by atoms with E-state index < -0.39 is 35.1 Å². The minimum absolute atomic E-state index is 0.0871. The molecule has 1 aromatic carbocycles. The van der Waals surface area contributed by atoms with Crippen LogP contribution in [-0.2, 0) is 29.0 Å². The second kappa shape index (κ2) is 8.37. The van der Waals surface area contributed by atoms with Crippen LogP contribution in [0.25, 0.3) is 0 Å². The maximum Gasteiger partial charge on any atom is 0.257 e. The summed E-state index contributed by atoms with van der Waals surface area (Å²) in [5.74, 6) is -2.55. The van der Waals surface area contributed by atoms with Gasteiger partial charge in [0.1, 0.15) is 17.5 Å². The first-order valence-corrected chi connectivity index (χ1v) is 11.8. The molecular formula is C24H24ClFN4O5. The molecule has 9 nitrogen and oxygen atoms in total. The van der Waals surface area contributed by atoms with E-state index in [0.717, 1.165) is 0 Å². The van der Waals surface area contributed by atoms with Crippen molar-refractivity contribution >= 4 is 29.3 Å². The van der Waals surface area contributed by atoms with Crippen molar-refractivity contribution in [1.29, 1.82) is 0 Å². The average Bonchev–Trinajstić information content (AvgIpc) is 3.35. The highest BCUT2D eigenvalue weighted by Crippen LogP contribution is 2.42. The topological polar surface area (TPSA) is 112 Å². The van der Waals surface area contributed by atoms with E-state index in [0.29, 0.717) is 25.1 Å². The number of nitrogens with one attached hydrogen (secondary N) is 1. The minimum Gasteiger partial charge on any atom is -0.503 e. The Hall–Kier alpha value is -3.40. The average molecular weight is 503 g/mol. The van der Waals surface area contributed by atoms with E-state index in [4.69, 9.17) is 11.6 Å². The van der Waals surface area contributed by atoms with Crippen LogP contribution in [0.4, 0.5) is 4.39 Å². The van der Waals surface area contributed by atoms with Gasteiger partial charge in [0.2, 0.25) is 17.2 Å². The van der Waals surface area contributed by atoms with Crippen molar-refractivity contribution in [2.45, 2.75) is 57.9 Å². The van der Waals surface area contributed by atoms with Crippen molar-refractivity contribution in [3.63, 3.8) is 0 Å². The standard InChI is InChI=1S/C24H24ClFN4O5/c1-11-10-28(12(2)31)24-16-7-6-15-19(23(35)27-9-13-4-3-5-14(25)20(13)26)22(34)21(33)17(30(15)16)8-18(32)29(11)24/h3-5,11,16,24,33H,6-10H2,1-2H3,(H,27,35)/t11-,16?,24?/m0/s1. The first-order valence-electron chi connectivity index (χ1n) is 11.4. The fourth-order valence-electron chi connectivity index (χ4n) is 5.70. The minimum atomic E-state index is -0.873. The van der Waals surface area contributed by atoms with Crippen LogP contribution in [0.1, 0.15) is 53.6 Å². The van der Waals surface area contributed by atoms with Crippen LogP contribution in [0.3, 0.4) is 0 Å². The predicted molar refractivity (Wildman–Crippen MR) is 123 cm³/mol. The first kappa shape index (κ1) is 23.3. The quantitative estimate of drug-likeness (QED) is 0.664. The molecule has 4 heterocycles. The third-order valence-electron chi connectivity index (χ3n) is 7.19. The van der Waals surface area contributed by atoms with Gasteiger partial charge in [-0.05, 0) is 25.8 Å². The van der Waals surface area contributed by atoms with E-state index in [1.165, 1.54) is 19.1 Å². The Morgan fingerprint density at radius 2 is 2.00 bits per heavy atom. The molecule has 1 aromatic heterocycles. The molecule has 3 atom stereocenters. The van der Waals surface area contributed by atoms with E-state index in [1.54, 1.807) is 20.4 Å². The Bertz CT molecular complexity index is 1340. The van der Waals surface area contributed by atoms with Crippen LogP contribution in [-0.4, -0.2) is 55.9 Å². The van der Waals surface area contributed by atoms with Crippen LogP contribution in [0.5, 0.6) is 5.75 Å². The number of aromatic nitrogens is 1. The molecule has 184 valence electrons. The highest BCUT2D eigenvalue weighted by atomic mass is 35.5. The van der Waals surface area contributed by atoms with Gasteiger partial charge in [0.15, 0.2) is 5.75 Å². The third-order valence-corrected chi connectivity index (χ3v) is 7.48. The van der Waals surface area contributed by atoms with E-state index in [-0.39, 0.29) is 52.7 Å². The lowest BCUT2D eigenvalue weighted by atomic mass is 10.1. The number of benzene rings is 1. The number of amides is 3. The van der Waals surface area contributed by atoms with Crippen molar-refractivity contribution in [3.05, 3.63) is 61.8 Å². The molecule has 1 saturated heterocycles. The number of carbonyl (C=O) groups excluding carboxylic acids is 3. The van der Waals surface area contributed by atoms with Gasteiger partial charge in [0.05, 0.1) is 23.2 Å². The van der Waals surface area contributed by atoms with Gasteiger partial charge in [-0.1, -0.05) is 23.7 Å². The van der Waals surface area contributed by atoms with Crippen LogP contribution in [0.2, 0.25) is 5.02 Å². The summed E-state index contributed by atoms with van der Waals surface area (Å²) >= 11 is 5.81. The Morgan fingerprint density at radius 3 is 2.71 bits per heavy atom. The number of pyridine rings is 1. The summed E-state index contributed by atoms with van der Waals surface area (Å²) in [6.45, 7) is 3.48. The molecule has 0 bridgehead atoms. The Balaban J connectivity index is 1.57. The number of hydrogen-bond donors (Lipinski definition) is 2. The first-order chi connectivity index (χ1) is 16.6. The van der Waals surface area contributed by atoms with Crippen LogP contribution >= 0.6 is 11.6 Å². The second-order valence-electron chi connectivity index (χ2n) is 9.23. The summed E-state index contributed by atoms with van der Waals surface area (Å²) in [6.07, 6.45) is 0.0348. The summed E-state index contributed by atoms with van der Waals surface area (Å²) in [4.78, 5) is 55.1. The molecular weight excluding hydrogens is 479 g/mol. The van der Waals surface area contributed by atoms with Gasteiger partial charge in [-0.15, -0.1) is 0 Å². The molecule has 11 heteroatoms. The van der Waals surface area contributed by atoms with Gasteiger partial charge in [0.25, 0.3) is 5.91 Å². The fraction of sp³-hybridized carbons (Fsp3) is 0.417. The van der Waals surface area contributed by atoms with Gasteiger partial charge in [-0.3, -0.25) is 19.2 Å². The number of fused-ring (bicyclic) bond motifs is 2. The number of aromatic hydroxyl groups is 1. The molecule has 1 fully saturated rings. The molecule has 2 N–H and O–H groups in total. The summed E-state index contributed by atoms with van der Waals surface area (Å²) in [5.41, 5.74) is -0.410. The molecule has 0 aliphatic carbocycles. The summed E-state index contributed by atoms with van der Waals surface area (Å²) in [7, 11) is 0. The molecule has 5 rings (SSSR count). The van der Waals surface area contributed by atoms with Crippen LogP contribution in [0.15, 0.2) is 23.0 Å². The third kappa shape index (κ3) is 3.50. The Labute approximate surface area is 205 Å². The lowest BCUT2D eigenvalue weighted by Gasteiger charge is -2.34. The maximum atomic E-state index is 14.3. The van der Waals surface area contributed by atoms with Gasteiger partial charge >= 0.3 is 0 Å². The van der Waals surface area contributed by atoms with Crippen LogP contribution < -0.4 is 10.7 Å². The van der Waals surface area contributed by atoms with E-state index in [1.807, 2.05) is 6.92 Å². The zero-order valence-corrected chi connectivity index (χ0v) is 19.9. The summed E-state index contributed by atoms with van der Waals surface area (Å²) in [5, 5.41) is 13.3. The smallest absolute Gasteiger partial charge is 0.257 e. The molecule has 2 unspecified atom stereocenters. The SMILES string of the molecule is CC(=O)N1C[C@H](C)N2C(=O)Cc3c(O)c(=O)c(C(=O)NCc4cccc(Cl)c4F)c4n3C(CC4)C12. The fourth-order valence-corrected chi connectivity index (χ4v) is 5.89. The molecule has 3 amide bonds. The summed E-state index contributed by atoms with van der Waals surface area (Å²) < 4.78 is 16.0. The highest BCUT2D eigenvalue weighted by molar-refractivity contribution is 6.30. The molecule has 0 saturated carbocycles. The molecule has 0 spiro atoms. The van der Waals surface area contributed by atoms with Crippen molar-refractivity contribution in [3.8, 4) is 5.75 Å². The van der Waals surface area contributed by atoms with Crippen molar-refractivity contribution in [1.82, 2.24) is 19.7 Å². The predicted octanol–water partition coefficient (Wildman–Crippen LogP) is 1.73. The van der Waals surface area contributed by atoms with Gasteiger partial charge in [0, 0.05) is 37.3 Å². The van der Waals surface area contributed by atoms with Crippen LogP contribution in [0, 0.1) is 5.82 Å². The number of carbonyl (C=O) groups is 3. The molecule has 3 aliphatic rings. The lowest BCUT2D eigenvalue weighted by Crippen LogP contribution is -2.48. The van der Waals surface area contributed by atoms with E-state index in [2.05, 4.69) is 5.32 Å². The Morgan fingerprint density at radius 1 is 1.26 bits per heavy atom. The molecule has 2 aromatic rings. The van der Waals surface area contributed by atoms with Gasteiger partial charge in [-0.25, -0.2) is 4.39 Å². The number of halogens is 2. The number of rotatable bonds is 3. The normalized spacial score (nSPS) is 22.6. The van der Waals surface area contributed by atoms with Crippen molar-refractivity contribution in [2.24, 2.45) is 0 Å². The highest BCUT2D eigenvalue weighted by Gasteiger charge is 2.51. The van der Waals surface area contributed by atoms with Crippen molar-refractivity contribution < 1.29 is 23.9 Å². The van der Waals surface area contributed by atoms with E-state index >= 15 is 0 Å². The zero-order chi connectivity index (χ0) is 25.2. The van der Waals surface area contributed by atoms with Gasteiger partial charge in [-0.2, -0.15) is 0 Å². The monoisotopic (exact) mass is 502 g/mol. The zero-order valence-electron chi connectivity index (χ0n) is 19.2. The number of nitrogens with zero attached hydrogens (tertiary/aromatic N) is 3. The molecule has 35 heavy (non-hydrogen) atoms. The summed E-state index contributed by atoms with van der Waals surface area (Å²) in [6, 6.07) is 3.77.